The van der Waals surface area contributed by atoms with Crippen LogP contribution in [-0.4, -0.2) is 24.0 Å². The Balaban J connectivity index is 2.02. The molecule has 132 valence electrons. The van der Waals surface area contributed by atoms with Crippen molar-refractivity contribution in [2.24, 2.45) is 0 Å². The van der Waals surface area contributed by atoms with Gasteiger partial charge in [-0.15, -0.1) is 0 Å². The number of ether oxygens (including phenoxy) is 1. The normalized spacial score (nSPS) is 11.6. The van der Waals surface area contributed by atoms with Gasteiger partial charge >= 0.3 is 5.97 Å². The molecule has 6 heteroatoms. The van der Waals surface area contributed by atoms with E-state index < -0.39 is 5.97 Å². The smallest absolute Gasteiger partial charge is 0.350 e. The molecule has 0 spiro atoms. The number of aromatic nitrogens is 1. The summed E-state index contributed by atoms with van der Waals surface area (Å²) in [4.78, 5) is 28.1. The number of anilines is 1. The summed E-state index contributed by atoms with van der Waals surface area (Å²) in [5.41, 5.74) is 2.81. The van der Waals surface area contributed by atoms with Gasteiger partial charge in [-0.2, -0.15) is 0 Å². The number of thiazole rings is 1. The fourth-order valence-corrected chi connectivity index (χ4v) is 3.03. The van der Waals surface area contributed by atoms with Gasteiger partial charge in [0.2, 0.25) is 5.91 Å². The SMILES string of the molecule is COC(=O)c1sc(NC(=O)C=Cc2ccc(C(C)(C)C)cc2)nc1C. The summed E-state index contributed by atoms with van der Waals surface area (Å²) in [5, 5.41) is 3.03. The first kappa shape index (κ1) is 18.9. The second-order valence-electron chi connectivity index (χ2n) is 6.62. The highest BCUT2D eigenvalue weighted by Crippen LogP contribution is 2.24. The number of aryl methyl sites for hydroxylation is 1. The first-order valence-electron chi connectivity index (χ1n) is 7.86. The Kier molecular flexibility index (Phi) is 5.74. The maximum atomic E-state index is 12.0. The number of hydrogen-bond donors (Lipinski definition) is 1. The van der Waals surface area contributed by atoms with Crippen LogP contribution in [0, 0.1) is 6.92 Å². The number of esters is 1. The predicted octanol–water partition coefficient (Wildman–Crippen LogP) is 4.19. The molecule has 5 nitrogen and oxygen atoms in total. The zero-order valence-electron chi connectivity index (χ0n) is 15.0. The Morgan fingerprint density at radius 1 is 1.20 bits per heavy atom. The first-order chi connectivity index (χ1) is 11.7. The Hall–Kier alpha value is -2.47. The van der Waals surface area contributed by atoms with Gasteiger partial charge in [-0.25, -0.2) is 9.78 Å². The van der Waals surface area contributed by atoms with Crippen molar-refractivity contribution < 1.29 is 14.3 Å². The highest BCUT2D eigenvalue weighted by Gasteiger charge is 2.16. The van der Waals surface area contributed by atoms with Crippen LogP contribution in [-0.2, 0) is 14.9 Å². The van der Waals surface area contributed by atoms with Crippen LogP contribution < -0.4 is 5.32 Å². The lowest BCUT2D eigenvalue weighted by atomic mass is 9.87. The minimum absolute atomic E-state index is 0.0969. The summed E-state index contributed by atoms with van der Waals surface area (Å²) in [7, 11) is 1.31. The Labute approximate surface area is 151 Å². The molecule has 0 fully saturated rings. The number of rotatable bonds is 4. The third-order valence-electron chi connectivity index (χ3n) is 3.60. The summed E-state index contributed by atoms with van der Waals surface area (Å²) < 4.78 is 4.68. The van der Waals surface area contributed by atoms with Gasteiger partial charge in [-0.1, -0.05) is 56.4 Å². The maximum Gasteiger partial charge on any atom is 0.350 e. The molecule has 1 amide bonds. The lowest BCUT2D eigenvalue weighted by Crippen LogP contribution is -2.10. The van der Waals surface area contributed by atoms with E-state index in [0.29, 0.717) is 15.7 Å². The first-order valence-corrected chi connectivity index (χ1v) is 8.67. The predicted molar refractivity (Wildman–Crippen MR) is 101 cm³/mol. The second kappa shape index (κ2) is 7.61. The average molecular weight is 358 g/mol. The molecule has 0 bridgehead atoms. The monoisotopic (exact) mass is 358 g/mol. The van der Waals surface area contributed by atoms with E-state index in [4.69, 9.17) is 0 Å². The van der Waals surface area contributed by atoms with Crippen molar-refractivity contribution in [3.8, 4) is 0 Å². The minimum atomic E-state index is -0.454. The van der Waals surface area contributed by atoms with Crippen LogP contribution in [0.4, 0.5) is 5.13 Å². The summed E-state index contributed by atoms with van der Waals surface area (Å²) in [6, 6.07) is 8.08. The number of nitrogens with one attached hydrogen (secondary N) is 1. The molecule has 2 rings (SSSR count). The molecule has 25 heavy (non-hydrogen) atoms. The summed E-state index contributed by atoms with van der Waals surface area (Å²) >= 11 is 1.10. The van der Waals surface area contributed by atoms with E-state index in [1.165, 1.54) is 18.7 Å². The Morgan fingerprint density at radius 3 is 2.40 bits per heavy atom. The molecule has 0 unspecified atom stereocenters. The van der Waals surface area contributed by atoms with Crippen LogP contribution in [0.3, 0.4) is 0 Å². The van der Waals surface area contributed by atoms with Gasteiger partial charge in [-0.05, 0) is 29.5 Å². The zero-order valence-corrected chi connectivity index (χ0v) is 15.9. The highest BCUT2D eigenvalue weighted by molar-refractivity contribution is 7.17. The van der Waals surface area contributed by atoms with Gasteiger partial charge in [0, 0.05) is 6.08 Å². The van der Waals surface area contributed by atoms with Crippen LogP contribution in [0.1, 0.15) is 47.3 Å². The second-order valence-corrected chi connectivity index (χ2v) is 7.62. The molecule has 2 aromatic rings. The molecule has 1 aromatic heterocycles. The van der Waals surface area contributed by atoms with Crippen molar-refractivity contribution in [2.75, 3.05) is 12.4 Å². The fourth-order valence-electron chi connectivity index (χ4n) is 2.15. The molecular weight excluding hydrogens is 336 g/mol. The molecular formula is C19H22N2O3S. The Bertz CT molecular complexity index is 799. The van der Waals surface area contributed by atoms with Gasteiger partial charge in [0.15, 0.2) is 5.13 Å². The molecule has 0 saturated heterocycles. The van der Waals surface area contributed by atoms with E-state index in [-0.39, 0.29) is 11.3 Å². The molecule has 0 radical (unpaired) electrons. The van der Waals surface area contributed by atoms with Crippen molar-refractivity contribution in [1.29, 1.82) is 0 Å². The van der Waals surface area contributed by atoms with Crippen molar-refractivity contribution in [3.63, 3.8) is 0 Å². The topological polar surface area (TPSA) is 68.3 Å². The summed E-state index contributed by atoms with van der Waals surface area (Å²) in [6.07, 6.45) is 3.18. The molecule has 1 N–H and O–H groups in total. The number of nitrogens with zero attached hydrogens (tertiary/aromatic N) is 1. The molecule has 0 atom stereocenters. The number of benzene rings is 1. The third-order valence-corrected chi connectivity index (χ3v) is 4.65. The summed E-state index contributed by atoms with van der Waals surface area (Å²) in [6.45, 7) is 8.17. The molecule has 0 aliphatic heterocycles. The fraction of sp³-hybridized carbons (Fsp3) is 0.316. The van der Waals surface area contributed by atoms with Gasteiger partial charge < -0.3 is 4.74 Å². The molecule has 1 heterocycles. The van der Waals surface area contributed by atoms with E-state index in [2.05, 4.69) is 47.9 Å². The number of hydrogen-bond acceptors (Lipinski definition) is 5. The lowest BCUT2D eigenvalue weighted by molar-refractivity contribution is -0.111. The van der Waals surface area contributed by atoms with Crippen LogP contribution >= 0.6 is 11.3 Å². The standard InChI is InChI=1S/C19H22N2O3S/c1-12-16(17(23)24-5)25-18(20-12)21-15(22)11-8-13-6-9-14(10-7-13)19(2,3)4/h6-11H,1-5H3,(H,20,21,22). The van der Waals surface area contributed by atoms with Crippen molar-refractivity contribution in [1.82, 2.24) is 4.98 Å². The van der Waals surface area contributed by atoms with E-state index in [1.807, 2.05) is 12.1 Å². The van der Waals surface area contributed by atoms with Crippen LogP contribution in [0.25, 0.3) is 6.08 Å². The highest BCUT2D eigenvalue weighted by atomic mass is 32.1. The number of amides is 1. The summed E-state index contributed by atoms with van der Waals surface area (Å²) in [5.74, 6) is -0.755. The molecule has 0 aliphatic carbocycles. The average Bonchev–Trinajstić information content (AvgIpc) is 2.92. The zero-order chi connectivity index (χ0) is 18.6. The van der Waals surface area contributed by atoms with Crippen molar-refractivity contribution >= 4 is 34.4 Å². The van der Waals surface area contributed by atoms with E-state index in [9.17, 15) is 9.59 Å². The minimum Gasteiger partial charge on any atom is -0.465 e. The van der Waals surface area contributed by atoms with Gasteiger partial charge in [-0.3, -0.25) is 10.1 Å². The maximum absolute atomic E-state index is 12.0. The van der Waals surface area contributed by atoms with Crippen molar-refractivity contribution in [2.45, 2.75) is 33.1 Å². The lowest BCUT2D eigenvalue weighted by Gasteiger charge is -2.18. The molecule has 1 aromatic carbocycles. The number of carbonyl (C=O) groups is 2. The van der Waals surface area contributed by atoms with E-state index in [0.717, 1.165) is 16.9 Å². The Morgan fingerprint density at radius 2 is 1.84 bits per heavy atom. The van der Waals surface area contributed by atoms with Crippen LogP contribution in [0.15, 0.2) is 30.3 Å². The quantitative estimate of drug-likeness (QED) is 0.657. The molecule has 0 aliphatic rings. The molecule has 0 saturated carbocycles. The number of methoxy groups -OCH3 is 1. The van der Waals surface area contributed by atoms with Crippen molar-refractivity contribution in [3.05, 3.63) is 52.0 Å². The third kappa shape index (κ3) is 5.00. The number of carbonyl (C=O) groups excluding carboxylic acids is 2. The largest absolute Gasteiger partial charge is 0.465 e. The van der Waals surface area contributed by atoms with E-state index >= 15 is 0 Å². The van der Waals surface area contributed by atoms with Gasteiger partial charge in [0.05, 0.1) is 12.8 Å². The van der Waals surface area contributed by atoms with Gasteiger partial charge in [0.25, 0.3) is 0 Å². The van der Waals surface area contributed by atoms with E-state index in [1.54, 1.807) is 13.0 Å². The van der Waals surface area contributed by atoms with Crippen LogP contribution in [0.5, 0.6) is 0 Å². The van der Waals surface area contributed by atoms with Crippen LogP contribution in [0.2, 0.25) is 0 Å². The van der Waals surface area contributed by atoms with Gasteiger partial charge in [0.1, 0.15) is 4.88 Å².